The normalized spacial score (nSPS) is 10.8. The van der Waals surface area contributed by atoms with Crippen LogP contribution in [0.5, 0.6) is 11.5 Å². The summed E-state index contributed by atoms with van der Waals surface area (Å²) in [6, 6.07) is 12.0. The molecule has 0 atom stereocenters. The summed E-state index contributed by atoms with van der Waals surface area (Å²) in [5.41, 5.74) is 5.10. The average molecular weight is 514 g/mol. The molecule has 0 aliphatic carbocycles. The zero-order chi connectivity index (χ0) is 26.0. The van der Waals surface area contributed by atoms with Gasteiger partial charge in [-0.3, -0.25) is 4.57 Å². The van der Waals surface area contributed by atoms with E-state index in [9.17, 15) is 13.2 Å². The number of carboxylic acid groups (broad SMARTS) is 2. The van der Waals surface area contributed by atoms with Gasteiger partial charge in [0.05, 0.1) is 18.4 Å². The molecule has 35 heavy (non-hydrogen) atoms. The number of nitrogens with two attached hydrogens (primary N) is 1. The van der Waals surface area contributed by atoms with Gasteiger partial charge in [-0.1, -0.05) is 17.8 Å². The van der Waals surface area contributed by atoms with Crippen LogP contribution in [0.25, 0.3) is 5.69 Å². The second kappa shape index (κ2) is 12.6. The summed E-state index contributed by atoms with van der Waals surface area (Å²) in [5.74, 6) is -1.47. The lowest BCUT2D eigenvalue weighted by Gasteiger charge is -2.13. The Hall–Kier alpha value is -3.78. The Morgan fingerprint density at radius 2 is 1.69 bits per heavy atom. The minimum absolute atomic E-state index is 0.0265. The van der Waals surface area contributed by atoms with Gasteiger partial charge in [0, 0.05) is 12.3 Å². The van der Waals surface area contributed by atoms with Crippen molar-refractivity contribution in [2.24, 2.45) is 5.73 Å². The molecule has 0 radical (unpaired) electrons. The van der Waals surface area contributed by atoms with Crippen molar-refractivity contribution in [3.05, 3.63) is 59.9 Å². The number of hydrogen-bond acceptors (Lipinski definition) is 8. The van der Waals surface area contributed by atoms with E-state index < -0.39 is 23.7 Å². The van der Waals surface area contributed by atoms with Crippen molar-refractivity contribution in [1.29, 1.82) is 0 Å². The second-order valence-electron chi connectivity index (χ2n) is 6.49. The van der Waals surface area contributed by atoms with E-state index in [1.807, 2.05) is 0 Å². The third kappa shape index (κ3) is 8.19. The van der Waals surface area contributed by atoms with E-state index in [0.29, 0.717) is 40.5 Å². The first-order valence-corrected chi connectivity index (χ1v) is 10.7. The Morgan fingerprint density at radius 3 is 2.23 bits per heavy atom. The van der Waals surface area contributed by atoms with Crippen LogP contribution in [-0.4, -0.2) is 56.3 Å². The van der Waals surface area contributed by atoms with Gasteiger partial charge >= 0.3 is 18.1 Å². The van der Waals surface area contributed by atoms with Gasteiger partial charge in [-0.05, 0) is 42.5 Å². The lowest BCUT2D eigenvalue weighted by molar-refractivity contribution is -0.159. The quantitative estimate of drug-likeness (QED) is 0.302. The number of carbonyl (C=O) groups is 2. The van der Waals surface area contributed by atoms with Crippen molar-refractivity contribution in [1.82, 2.24) is 14.8 Å². The molecule has 3 aromatic rings. The van der Waals surface area contributed by atoms with Gasteiger partial charge in [-0.2, -0.15) is 13.2 Å². The number of rotatable bonds is 8. The number of nitrogens with zero attached hydrogens (tertiary/aromatic N) is 3. The highest BCUT2D eigenvalue weighted by Gasteiger charge is 2.31. The summed E-state index contributed by atoms with van der Waals surface area (Å²) in [4.78, 5) is 18.2. The zero-order valence-corrected chi connectivity index (χ0v) is 19.0. The molecule has 0 saturated heterocycles. The Morgan fingerprint density at radius 1 is 1.06 bits per heavy atom. The Kier molecular flexibility index (Phi) is 9.90. The maximum Gasteiger partial charge on any atom is 0.416 e. The lowest BCUT2D eigenvalue weighted by atomic mass is 10.2. The third-order valence-electron chi connectivity index (χ3n) is 4.09. The predicted octanol–water partition coefficient (Wildman–Crippen LogP) is 3.08. The van der Waals surface area contributed by atoms with E-state index in [4.69, 9.17) is 35.0 Å². The standard InChI is InChI=1S/C19H19F3N4O2S.C2H2O4/c1-27-15-5-7-16(8-6-15)28-12-17-24-25-18(29-10-9-23)26(17)14-4-2-3-13(11-14)19(20,21)22;3-1(4)2(5)6/h2-8,11H,9-10,12,23H2,1H3;(H,3,4)(H,5,6). The molecule has 0 bridgehead atoms. The fourth-order valence-corrected chi connectivity index (χ4v) is 3.28. The molecule has 4 N–H and O–H groups in total. The molecule has 10 nitrogen and oxygen atoms in total. The van der Waals surface area contributed by atoms with Crippen LogP contribution >= 0.6 is 11.8 Å². The molecular formula is C21H21F3N4O6S. The van der Waals surface area contributed by atoms with E-state index in [1.54, 1.807) is 42.0 Å². The van der Waals surface area contributed by atoms with E-state index in [0.717, 1.165) is 12.1 Å². The summed E-state index contributed by atoms with van der Waals surface area (Å²) in [6.45, 7) is 0.427. The van der Waals surface area contributed by atoms with Crippen molar-refractivity contribution in [2.45, 2.75) is 17.9 Å². The van der Waals surface area contributed by atoms with Crippen LogP contribution in [-0.2, 0) is 22.4 Å². The molecule has 3 rings (SSSR count). The van der Waals surface area contributed by atoms with Gasteiger partial charge in [0.1, 0.15) is 18.1 Å². The topological polar surface area (TPSA) is 150 Å². The fourth-order valence-electron chi connectivity index (χ4n) is 2.54. The van der Waals surface area contributed by atoms with Crippen LogP contribution in [0.1, 0.15) is 11.4 Å². The molecule has 0 spiro atoms. The molecule has 0 fully saturated rings. The van der Waals surface area contributed by atoms with Crippen molar-refractivity contribution < 1.29 is 42.4 Å². The summed E-state index contributed by atoms with van der Waals surface area (Å²) >= 11 is 1.31. The minimum atomic E-state index is -4.45. The largest absolute Gasteiger partial charge is 0.497 e. The number of carboxylic acids is 2. The predicted molar refractivity (Wildman–Crippen MR) is 119 cm³/mol. The number of hydrogen-bond donors (Lipinski definition) is 3. The maximum atomic E-state index is 13.1. The lowest BCUT2D eigenvalue weighted by Crippen LogP contribution is -2.10. The number of thioether (sulfide) groups is 1. The highest BCUT2D eigenvalue weighted by atomic mass is 32.2. The van der Waals surface area contributed by atoms with Gasteiger partial charge in [-0.15, -0.1) is 10.2 Å². The molecule has 0 amide bonds. The average Bonchev–Trinajstić information content (AvgIpc) is 3.24. The Bertz CT molecular complexity index is 1130. The van der Waals surface area contributed by atoms with Crippen LogP contribution < -0.4 is 15.2 Å². The summed E-state index contributed by atoms with van der Waals surface area (Å²) in [6.07, 6.45) is -4.45. The number of alkyl halides is 3. The van der Waals surface area contributed by atoms with Crippen molar-refractivity contribution in [2.75, 3.05) is 19.4 Å². The highest BCUT2D eigenvalue weighted by molar-refractivity contribution is 7.99. The Balaban J connectivity index is 0.000000641. The van der Waals surface area contributed by atoms with Gasteiger partial charge in [0.15, 0.2) is 11.0 Å². The van der Waals surface area contributed by atoms with Gasteiger partial charge < -0.3 is 25.4 Å². The summed E-state index contributed by atoms with van der Waals surface area (Å²) < 4.78 is 51.8. The number of aliphatic carboxylic acids is 2. The van der Waals surface area contributed by atoms with E-state index in [2.05, 4.69) is 10.2 Å². The monoisotopic (exact) mass is 514 g/mol. The Labute approximate surface area is 201 Å². The smallest absolute Gasteiger partial charge is 0.416 e. The van der Waals surface area contributed by atoms with Crippen LogP contribution in [0, 0.1) is 0 Å². The number of aromatic nitrogens is 3. The van der Waals surface area contributed by atoms with E-state index >= 15 is 0 Å². The number of benzene rings is 2. The second-order valence-corrected chi connectivity index (χ2v) is 7.56. The zero-order valence-electron chi connectivity index (χ0n) is 18.2. The molecule has 14 heteroatoms. The molecule has 2 aromatic carbocycles. The molecule has 0 aliphatic rings. The summed E-state index contributed by atoms with van der Waals surface area (Å²) in [7, 11) is 1.56. The first-order valence-electron chi connectivity index (χ1n) is 9.74. The molecule has 1 heterocycles. The molecule has 0 unspecified atom stereocenters. The van der Waals surface area contributed by atoms with Crippen molar-refractivity contribution >= 4 is 23.7 Å². The minimum Gasteiger partial charge on any atom is -0.497 e. The van der Waals surface area contributed by atoms with Crippen LogP contribution in [0.4, 0.5) is 13.2 Å². The van der Waals surface area contributed by atoms with Crippen molar-refractivity contribution in [3.63, 3.8) is 0 Å². The van der Waals surface area contributed by atoms with Crippen LogP contribution in [0.3, 0.4) is 0 Å². The van der Waals surface area contributed by atoms with Crippen LogP contribution in [0.15, 0.2) is 53.7 Å². The van der Waals surface area contributed by atoms with E-state index in [1.165, 1.54) is 17.8 Å². The molecular weight excluding hydrogens is 493 g/mol. The van der Waals surface area contributed by atoms with Gasteiger partial charge in [0.2, 0.25) is 0 Å². The number of methoxy groups -OCH3 is 1. The SMILES string of the molecule is COc1ccc(OCc2nnc(SCCN)n2-c2cccc(C(F)(F)F)c2)cc1.O=C(O)C(=O)O. The van der Waals surface area contributed by atoms with Gasteiger partial charge in [-0.25, -0.2) is 9.59 Å². The highest BCUT2D eigenvalue weighted by Crippen LogP contribution is 2.32. The maximum absolute atomic E-state index is 13.1. The first kappa shape index (κ1) is 27.5. The van der Waals surface area contributed by atoms with Crippen molar-refractivity contribution in [3.8, 4) is 17.2 Å². The molecule has 0 aliphatic heterocycles. The third-order valence-corrected chi connectivity index (χ3v) is 5.05. The number of ether oxygens (including phenoxy) is 2. The molecule has 0 saturated carbocycles. The summed E-state index contributed by atoms with van der Waals surface area (Å²) in [5, 5.41) is 23.4. The molecule has 1 aromatic heterocycles. The fraction of sp³-hybridized carbons (Fsp3) is 0.238. The first-order chi connectivity index (χ1) is 16.6. The van der Waals surface area contributed by atoms with Crippen LogP contribution in [0.2, 0.25) is 0 Å². The molecule has 188 valence electrons. The van der Waals surface area contributed by atoms with Gasteiger partial charge in [0.25, 0.3) is 0 Å². The van der Waals surface area contributed by atoms with E-state index in [-0.39, 0.29) is 6.61 Å². The number of halogens is 3.